The summed E-state index contributed by atoms with van der Waals surface area (Å²) >= 11 is 1.88. The summed E-state index contributed by atoms with van der Waals surface area (Å²) in [5, 5.41) is 7.61. The van der Waals surface area contributed by atoms with Gasteiger partial charge < -0.3 is 9.47 Å². The van der Waals surface area contributed by atoms with Crippen LogP contribution in [0.2, 0.25) is 0 Å². The number of para-hydroxylation sites is 3. The van der Waals surface area contributed by atoms with E-state index in [1.807, 2.05) is 11.3 Å². The molecule has 0 saturated heterocycles. The molecular weight excluding hydrogens is 613 g/mol. The molecule has 2 aromatic heterocycles. The zero-order valence-corrected chi connectivity index (χ0v) is 27.4. The number of hydrogen-bond acceptors (Lipinski definition) is 2. The van der Waals surface area contributed by atoms with E-state index in [1.54, 1.807) is 0 Å². The molecule has 49 heavy (non-hydrogen) atoms. The number of fused-ring (bicyclic) bond motifs is 7. The van der Waals surface area contributed by atoms with Gasteiger partial charge in [-0.25, -0.2) is 0 Å². The molecule has 2 nitrogen and oxygen atoms in total. The fourth-order valence-electron chi connectivity index (χ4n) is 7.49. The van der Waals surface area contributed by atoms with E-state index in [9.17, 15) is 0 Å². The monoisotopic (exact) mass is 642 g/mol. The SMILES string of the molecule is c1ccc(N(c2ccc(-c3cc(-n4c5ccccc5c5ccccc54)cc4c3sc3ccccc34)cc2)c2ccc3ccccc3c2)cc1. The molecule has 0 amide bonds. The summed E-state index contributed by atoms with van der Waals surface area (Å²) in [5.41, 5.74) is 9.46. The Morgan fingerprint density at radius 2 is 1.00 bits per heavy atom. The smallest absolute Gasteiger partial charge is 0.0541 e. The van der Waals surface area contributed by atoms with Crippen molar-refractivity contribution in [2.45, 2.75) is 0 Å². The number of hydrogen-bond donors (Lipinski definition) is 0. The van der Waals surface area contributed by atoms with Gasteiger partial charge in [-0.15, -0.1) is 11.3 Å². The summed E-state index contributed by atoms with van der Waals surface area (Å²) < 4.78 is 5.06. The molecule has 230 valence electrons. The van der Waals surface area contributed by atoms with Gasteiger partial charge in [0.2, 0.25) is 0 Å². The van der Waals surface area contributed by atoms with Gasteiger partial charge in [0.05, 0.1) is 11.0 Å². The van der Waals surface area contributed by atoms with Crippen molar-refractivity contribution < 1.29 is 0 Å². The second-order valence-electron chi connectivity index (χ2n) is 12.6. The summed E-state index contributed by atoms with van der Waals surface area (Å²) in [6, 6.07) is 66.2. The lowest BCUT2D eigenvalue weighted by Crippen LogP contribution is -2.09. The molecule has 0 bridgehead atoms. The second-order valence-corrected chi connectivity index (χ2v) is 13.6. The number of thiophene rings is 1. The van der Waals surface area contributed by atoms with Crippen LogP contribution in [-0.4, -0.2) is 4.57 Å². The highest BCUT2D eigenvalue weighted by molar-refractivity contribution is 7.26. The predicted molar refractivity (Wildman–Crippen MR) is 211 cm³/mol. The number of benzene rings is 8. The minimum absolute atomic E-state index is 1.12. The quantitative estimate of drug-likeness (QED) is 0.181. The molecule has 0 saturated carbocycles. The number of rotatable bonds is 5. The molecule has 0 atom stereocenters. The predicted octanol–water partition coefficient (Wildman–Crippen LogP) is 13.4. The molecule has 0 aliphatic heterocycles. The Morgan fingerprint density at radius 3 is 1.76 bits per heavy atom. The van der Waals surface area contributed by atoms with Crippen LogP contribution in [0.15, 0.2) is 182 Å². The summed E-state index contributed by atoms with van der Waals surface area (Å²) in [6.45, 7) is 0. The largest absolute Gasteiger partial charge is 0.310 e. The Kier molecular flexibility index (Phi) is 6.39. The van der Waals surface area contributed by atoms with Crippen molar-refractivity contribution in [3.8, 4) is 16.8 Å². The van der Waals surface area contributed by atoms with Crippen LogP contribution in [0.25, 0.3) is 69.6 Å². The lowest BCUT2D eigenvalue weighted by molar-refractivity contribution is 1.19. The van der Waals surface area contributed by atoms with Crippen molar-refractivity contribution >= 4 is 81.1 Å². The summed E-state index contributed by atoms with van der Waals surface area (Å²) in [5.74, 6) is 0. The van der Waals surface area contributed by atoms with Gasteiger partial charge in [-0.2, -0.15) is 0 Å². The molecule has 3 heteroatoms. The molecule has 0 radical (unpaired) electrons. The summed E-state index contributed by atoms with van der Waals surface area (Å²) in [4.78, 5) is 2.35. The molecule has 8 aromatic carbocycles. The Morgan fingerprint density at radius 1 is 0.408 bits per heavy atom. The Hall–Kier alpha value is -6.16. The molecule has 0 aliphatic rings. The van der Waals surface area contributed by atoms with Crippen LogP contribution in [0.3, 0.4) is 0 Å². The van der Waals surface area contributed by atoms with Gasteiger partial charge in [-0.3, -0.25) is 0 Å². The molecule has 2 heterocycles. The zero-order chi connectivity index (χ0) is 32.3. The van der Waals surface area contributed by atoms with Gasteiger partial charge in [0, 0.05) is 59.3 Å². The molecule has 0 fully saturated rings. The van der Waals surface area contributed by atoms with E-state index in [4.69, 9.17) is 0 Å². The molecule has 10 aromatic rings. The first-order valence-electron chi connectivity index (χ1n) is 16.7. The van der Waals surface area contributed by atoms with Gasteiger partial charge in [-0.05, 0) is 83.1 Å². The fraction of sp³-hybridized carbons (Fsp3) is 0. The van der Waals surface area contributed by atoms with E-state index >= 15 is 0 Å². The second kappa shape index (κ2) is 11.2. The molecule has 0 spiro atoms. The molecule has 10 rings (SSSR count). The standard InChI is InChI=1S/C46H30N2S/c1-2-14-34(15-3-1)47(36-27-22-31-12-4-5-13-33(31)28-36)35-25-23-32(24-26-35)41-29-37(30-42-40-18-8-11-21-45(40)49-46(41)42)48-43-19-9-6-16-38(43)39-17-7-10-20-44(39)48/h1-30H. The van der Waals surface area contributed by atoms with Gasteiger partial charge in [0.15, 0.2) is 0 Å². The van der Waals surface area contributed by atoms with E-state index in [0.717, 1.165) is 17.1 Å². The van der Waals surface area contributed by atoms with Gasteiger partial charge in [-0.1, -0.05) is 115 Å². The fourth-order valence-corrected chi connectivity index (χ4v) is 8.71. The third-order valence-corrected chi connectivity index (χ3v) is 11.0. The van der Waals surface area contributed by atoms with Crippen LogP contribution in [0, 0.1) is 0 Å². The van der Waals surface area contributed by atoms with Crippen molar-refractivity contribution in [2.75, 3.05) is 4.90 Å². The number of aromatic nitrogens is 1. The zero-order valence-electron chi connectivity index (χ0n) is 26.6. The van der Waals surface area contributed by atoms with E-state index < -0.39 is 0 Å². The average molecular weight is 643 g/mol. The summed E-state index contributed by atoms with van der Waals surface area (Å²) in [6.07, 6.45) is 0. The normalized spacial score (nSPS) is 11.7. The van der Waals surface area contributed by atoms with Crippen LogP contribution >= 0.6 is 11.3 Å². The van der Waals surface area contributed by atoms with Gasteiger partial charge in [0.25, 0.3) is 0 Å². The molecule has 0 aliphatic carbocycles. The first-order valence-corrected chi connectivity index (χ1v) is 17.5. The van der Waals surface area contributed by atoms with Crippen molar-refractivity contribution in [1.82, 2.24) is 4.57 Å². The Balaban J connectivity index is 1.17. The maximum atomic E-state index is 2.44. The maximum absolute atomic E-state index is 2.44. The Bertz CT molecular complexity index is 2770. The number of anilines is 3. The van der Waals surface area contributed by atoms with E-state index in [2.05, 4.69) is 191 Å². The van der Waals surface area contributed by atoms with Gasteiger partial charge >= 0.3 is 0 Å². The van der Waals surface area contributed by atoms with E-state index in [1.165, 1.54) is 69.6 Å². The summed E-state index contributed by atoms with van der Waals surface area (Å²) in [7, 11) is 0. The minimum Gasteiger partial charge on any atom is -0.310 e. The highest BCUT2D eigenvalue weighted by atomic mass is 32.1. The van der Waals surface area contributed by atoms with Crippen LogP contribution in [0.1, 0.15) is 0 Å². The van der Waals surface area contributed by atoms with Crippen LogP contribution in [0.5, 0.6) is 0 Å². The minimum atomic E-state index is 1.12. The highest BCUT2D eigenvalue weighted by Gasteiger charge is 2.18. The topological polar surface area (TPSA) is 8.17 Å². The lowest BCUT2D eigenvalue weighted by Gasteiger charge is -2.26. The van der Waals surface area contributed by atoms with E-state index in [-0.39, 0.29) is 0 Å². The molecular formula is C46H30N2S. The molecule has 0 unspecified atom stereocenters. The number of nitrogens with zero attached hydrogens (tertiary/aromatic N) is 2. The first-order chi connectivity index (χ1) is 24.3. The van der Waals surface area contributed by atoms with E-state index in [0.29, 0.717) is 0 Å². The average Bonchev–Trinajstić information content (AvgIpc) is 3.71. The molecule has 0 N–H and O–H groups in total. The lowest BCUT2D eigenvalue weighted by atomic mass is 10.0. The maximum Gasteiger partial charge on any atom is 0.0541 e. The van der Waals surface area contributed by atoms with Crippen molar-refractivity contribution in [1.29, 1.82) is 0 Å². The van der Waals surface area contributed by atoms with Gasteiger partial charge in [0.1, 0.15) is 0 Å². The first kappa shape index (κ1) is 27.9. The van der Waals surface area contributed by atoms with Crippen molar-refractivity contribution in [3.05, 3.63) is 182 Å². The third-order valence-electron chi connectivity index (χ3n) is 9.74. The Labute approximate surface area is 288 Å². The third kappa shape index (κ3) is 4.55. The van der Waals surface area contributed by atoms with Crippen molar-refractivity contribution in [3.63, 3.8) is 0 Å². The van der Waals surface area contributed by atoms with Crippen LogP contribution in [0.4, 0.5) is 17.1 Å². The van der Waals surface area contributed by atoms with Crippen LogP contribution in [-0.2, 0) is 0 Å². The van der Waals surface area contributed by atoms with Crippen molar-refractivity contribution in [2.24, 2.45) is 0 Å². The highest BCUT2D eigenvalue weighted by Crippen LogP contribution is 2.44. The van der Waals surface area contributed by atoms with Crippen LogP contribution < -0.4 is 4.90 Å².